The van der Waals surface area contributed by atoms with E-state index >= 15 is 0 Å². The Morgan fingerprint density at radius 3 is 2.52 bits per heavy atom. The van der Waals surface area contributed by atoms with Crippen LogP contribution >= 0.6 is 0 Å². The van der Waals surface area contributed by atoms with Gasteiger partial charge in [-0.05, 0) is 38.1 Å². The van der Waals surface area contributed by atoms with Gasteiger partial charge in [0.15, 0.2) is 6.10 Å². The first kappa shape index (κ1) is 13.4. The van der Waals surface area contributed by atoms with Crippen LogP contribution in [0.2, 0.25) is 0 Å². The summed E-state index contributed by atoms with van der Waals surface area (Å²) in [6.07, 6.45) is -0.580. The van der Waals surface area contributed by atoms with E-state index in [-0.39, 0.29) is 5.91 Å². The highest BCUT2D eigenvalue weighted by atomic mass is 16.5. The fourth-order valence-electron chi connectivity index (χ4n) is 2.36. The van der Waals surface area contributed by atoms with Crippen molar-refractivity contribution in [3.63, 3.8) is 0 Å². The Bertz CT molecular complexity index is 778. The van der Waals surface area contributed by atoms with Crippen LogP contribution in [0.3, 0.4) is 0 Å². The van der Waals surface area contributed by atoms with Crippen molar-refractivity contribution in [2.75, 3.05) is 0 Å². The lowest BCUT2D eigenvalue weighted by Crippen LogP contribution is -2.29. The van der Waals surface area contributed by atoms with Gasteiger partial charge in [0.1, 0.15) is 11.6 Å². The van der Waals surface area contributed by atoms with Gasteiger partial charge in [-0.2, -0.15) is 0 Å². The van der Waals surface area contributed by atoms with Gasteiger partial charge < -0.3 is 4.74 Å². The van der Waals surface area contributed by atoms with Gasteiger partial charge in [0.2, 0.25) is 0 Å². The monoisotopic (exact) mass is 280 g/mol. The number of fused-ring (bicyclic) bond motifs is 1. The molecule has 0 spiro atoms. The maximum atomic E-state index is 12.6. The predicted octanol–water partition coefficient (Wildman–Crippen LogP) is 3.45. The molecule has 4 heteroatoms. The molecule has 1 atom stereocenters. The highest BCUT2D eigenvalue weighted by Gasteiger charge is 2.21. The smallest absolute Gasteiger partial charge is 0.273 e. The third-order valence-corrected chi connectivity index (χ3v) is 3.35. The number of ether oxygens (including phenoxy) is 1. The molecule has 0 aliphatic rings. The average molecular weight is 280 g/mol. The second-order valence-corrected chi connectivity index (χ2v) is 4.89. The second-order valence-electron chi connectivity index (χ2n) is 4.89. The molecule has 0 aliphatic heterocycles. The van der Waals surface area contributed by atoms with E-state index in [1.807, 2.05) is 61.5 Å². The van der Waals surface area contributed by atoms with Crippen molar-refractivity contribution in [1.82, 2.24) is 9.55 Å². The van der Waals surface area contributed by atoms with Crippen LogP contribution in [0.15, 0.2) is 54.6 Å². The van der Waals surface area contributed by atoms with Crippen LogP contribution in [0.5, 0.6) is 5.75 Å². The number of nitrogens with zero attached hydrogens (tertiary/aromatic N) is 2. The molecule has 21 heavy (non-hydrogen) atoms. The minimum Gasteiger partial charge on any atom is -0.481 e. The predicted molar refractivity (Wildman–Crippen MR) is 81.6 cm³/mol. The third kappa shape index (κ3) is 2.52. The van der Waals surface area contributed by atoms with Crippen LogP contribution in [0.1, 0.15) is 17.5 Å². The molecule has 0 aliphatic carbocycles. The summed E-state index contributed by atoms with van der Waals surface area (Å²) in [7, 11) is 0. The van der Waals surface area contributed by atoms with Gasteiger partial charge >= 0.3 is 0 Å². The number of aromatic nitrogens is 2. The largest absolute Gasteiger partial charge is 0.481 e. The fourth-order valence-corrected chi connectivity index (χ4v) is 2.36. The van der Waals surface area contributed by atoms with Gasteiger partial charge in [-0.25, -0.2) is 4.98 Å². The lowest BCUT2D eigenvalue weighted by atomic mass is 10.3. The first-order valence-electron chi connectivity index (χ1n) is 6.87. The summed E-state index contributed by atoms with van der Waals surface area (Å²) >= 11 is 0. The zero-order valence-electron chi connectivity index (χ0n) is 12.0. The number of carbonyl (C=O) groups excluding carboxylic acids is 1. The molecular formula is C17H16N2O2. The standard InChI is InChI=1S/C17H16N2O2/c1-12(21-14-8-4-3-5-9-14)17(20)19-13(2)18-15-10-6-7-11-16(15)19/h3-12H,1-2H3. The van der Waals surface area contributed by atoms with Crippen LogP contribution in [-0.4, -0.2) is 21.6 Å². The van der Waals surface area contributed by atoms with Crippen molar-refractivity contribution >= 4 is 16.9 Å². The number of hydrogen-bond donors (Lipinski definition) is 0. The summed E-state index contributed by atoms with van der Waals surface area (Å²) in [6.45, 7) is 3.58. The normalized spacial score (nSPS) is 12.3. The van der Waals surface area contributed by atoms with Gasteiger partial charge in [0.25, 0.3) is 5.91 Å². The molecule has 1 unspecified atom stereocenters. The Morgan fingerprint density at radius 2 is 1.76 bits per heavy atom. The Labute approximate surface area is 123 Å². The molecule has 3 rings (SSSR count). The quantitative estimate of drug-likeness (QED) is 0.738. The molecule has 2 aromatic carbocycles. The van der Waals surface area contributed by atoms with Gasteiger partial charge in [0.05, 0.1) is 11.0 Å². The van der Waals surface area contributed by atoms with E-state index in [4.69, 9.17) is 4.74 Å². The molecule has 0 bridgehead atoms. The highest BCUT2D eigenvalue weighted by molar-refractivity contribution is 5.93. The van der Waals surface area contributed by atoms with Crippen molar-refractivity contribution in [1.29, 1.82) is 0 Å². The summed E-state index contributed by atoms with van der Waals surface area (Å²) in [4.78, 5) is 17.1. The van der Waals surface area contributed by atoms with E-state index in [1.54, 1.807) is 11.5 Å². The molecule has 0 saturated carbocycles. The summed E-state index contributed by atoms with van der Waals surface area (Å²) in [5, 5.41) is 0. The van der Waals surface area contributed by atoms with Crippen molar-refractivity contribution in [3.8, 4) is 5.75 Å². The summed E-state index contributed by atoms with van der Waals surface area (Å²) in [5.74, 6) is 1.23. The van der Waals surface area contributed by atoms with Gasteiger partial charge in [-0.1, -0.05) is 30.3 Å². The zero-order chi connectivity index (χ0) is 14.8. The van der Waals surface area contributed by atoms with Crippen molar-refractivity contribution < 1.29 is 9.53 Å². The summed E-state index contributed by atoms with van der Waals surface area (Å²) in [6, 6.07) is 16.9. The van der Waals surface area contributed by atoms with E-state index < -0.39 is 6.10 Å². The van der Waals surface area contributed by atoms with E-state index in [0.717, 1.165) is 11.0 Å². The van der Waals surface area contributed by atoms with Crippen molar-refractivity contribution in [2.45, 2.75) is 20.0 Å². The average Bonchev–Trinajstić information content (AvgIpc) is 2.83. The van der Waals surface area contributed by atoms with Crippen molar-refractivity contribution in [2.24, 2.45) is 0 Å². The molecule has 0 fully saturated rings. The molecule has 106 valence electrons. The maximum absolute atomic E-state index is 12.6. The number of rotatable bonds is 3. The number of carbonyl (C=O) groups is 1. The van der Waals surface area contributed by atoms with Crippen LogP contribution in [0, 0.1) is 6.92 Å². The van der Waals surface area contributed by atoms with Crippen molar-refractivity contribution in [3.05, 3.63) is 60.4 Å². The molecule has 1 aromatic heterocycles. The topological polar surface area (TPSA) is 44.1 Å². The molecule has 0 N–H and O–H groups in total. The van der Waals surface area contributed by atoms with Gasteiger partial charge in [-0.3, -0.25) is 9.36 Å². The van der Waals surface area contributed by atoms with Gasteiger partial charge in [0, 0.05) is 0 Å². The lowest BCUT2D eigenvalue weighted by Gasteiger charge is -2.15. The summed E-state index contributed by atoms with van der Waals surface area (Å²) < 4.78 is 7.32. The number of para-hydroxylation sites is 3. The molecule has 0 radical (unpaired) electrons. The van der Waals surface area contributed by atoms with Crippen LogP contribution in [0.25, 0.3) is 11.0 Å². The Kier molecular flexibility index (Phi) is 3.44. The minimum absolute atomic E-state index is 0.120. The fraction of sp³-hybridized carbons (Fsp3) is 0.176. The van der Waals surface area contributed by atoms with Crippen LogP contribution < -0.4 is 4.74 Å². The Morgan fingerprint density at radius 1 is 1.10 bits per heavy atom. The molecule has 1 heterocycles. The molecule has 3 aromatic rings. The van der Waals surface area contributed by atoms with Gasteiger partial charge in [-0.15, -0.1) is 0 Å². The molecule has 0 saturated heterocycles. The maximum Gasteiger partial charge on any atom is 0.273 e. The minimum atomic E-state index is -0.580. The highest BCUT2D eigenvalue weighted by Crippen LogP contribution is 2.18. The molecule has 4 nitrogen and oxygen atoms in total. The number of hydrogen-bond acceptors (Lipinski definition) is 3. The second kappa shape index (κ2) is 5.40. The third-order valence-electron chi connectivity index (χ3n) is 3.35. The van der Waals surface area contributed by atoms with E-state index in [0.29, 0.717) is 11.6 Å². The van der Waals surface area contributed by atoms with Crippen LogP contribution in [0.4, 0.5) is 0 Å². The number of imidazole rings is 1. The Hall–Kier alpha value is -2.62. The van der Waals surface area contributed by atoms with Crippen LogP contribution in [-0.2, 0) is 0 Å². The molecule has 0 amide bonds. The zero-order valence-corrected chi connectivity index (χ0v) is 12.0. The van der Waals surface area contributed by atoms with E-state index in [9.17, 15) is 4.79 Å². The Balaban J connectivity index is 1.91. The molecular weight excluding hydrogens is 264 g/mol. The lowest BCUT2D eigenvalue weighted by molar-refractivity contribution is 0.0730. The SMILES string of the molecule is Cc1nc2ccccc2n1C(=O)C(C)Oc1ccccc1. The summed E-state index contributed by atoms with van der Waals surface area (Å²) in [5.41, 5.74) is 1.62. The van der Waals surface area contributed by atoms with E-state index in [1.165, 1.54) is 0 Å². The number of benzene rings is 2. The van der Waals surface area contributed by atoms with E-state index in [2.05, 4.69) is 4.98 Å². The first-order valence-corrected chi connectivity index (χ1v) is 6.87. The number of aryl methyl sites for hydroxylation is 1. The first-order chi connectivity index (χ1) is 10.2.